The number of carbonyl (C=O) groups is 2. The summed E-state index contributed by atoms with van der Waals surface area (Å²) >= 11 is 0. The Kier molecular flexibility index (Phi) is 2.74. The van der Waals surface area contributed by atoms with Crippen molar-refractivity contribution in [1.82, 2.24) is 5.32 Å². The number of imide groups is 1. The van der Waals surface area contributed by atoms with Gasteiger partial charge in [-0.2, -0.15) is 0 Å². The SMILES string of the molecule is CC1C=CC=C2N=c3c4c(c(-c5ccccc5)cc3=C21)C(=O)NC4=O. The summed E-state index contributed by atoms with van der Waals surface area (Å²) in [5.41, 5.74) is 4.52. The highest BCUT2D eigenvalue weighted by molar-refractivity contribution is 6.24. The molecular formula is C21H14N2O2. The molecule has 1 aliphatic carbocycles. The molecule has 5 rings (SSSR count). The molecule has 2 aromatic carbocycles. The Morgan fingerprint density at radius 2 is 1.80 bits per heavy atom. The highest BCUT2D eigenvalue weighted by atomic mass is 16.2. The van der Waals surface area contributed by atoms with Crippen molar-refractivity contribution in [1.29, 1.82) is 0 Å². The lowest BCUT2D eigenvalue weighted by atomic mass is 9.89. The van der Waals surface area contributed by atoms with Crippen molar-refractivity contribution < 1.29 is 9.59 Å². The Labute approximate surface area is 143 Å². The highest BCUT2D eigenvalue weighted by Crippen LogP contribution is 2.31. The molecule has 2 heterocycles. The first-order chi connectivity index (χ1) is 12.1. The van der Waals surface area contributed by atoms with Gasteiger partial charge in [-0.1, -0.05) is 49.4 Å². The summed E-state index contributed by atoms with van der Waals surface area (Å²) in [6.07, 6.45) is 6.06. The summed E-state index contributed by atoms with van der Waals surface area (Å²) in [5, 5.41) is 4.00. The van der Waals surface area contributed by atoms with Gasteiger partial charge in [0.1, 0.15) is 0 Å². The van der Waals surface area contributed by atoms with Crippen LogP contribution in [0.4, 0.5) is 0 Å². The largest absolute Gasteiger partial charge is 0.288 e. The number of hydrogen-bond donors (Lipinski definition) is 1. The lowest BCUT2D eigenvalue weighted by Crippen LogP contribution is -2.32. The quantitative estimate of drug-likeness (QED) is 0.816. The number of hydrogen-bond acceptors (Lipinski definition) is 3. The molecule has 2 aliphatic heterocycles. The maximum atomic E-state index is 12.5. The summed E-state index contributed by atoms with van der Waals surface area (Å²) < 4.78 is 0. The van der Waals surface area contributed by atoms with Crippen LogP contribution in [0.3, 0.4) is 0 Å². The predicted octanol–water partition coefficient (Wildman–Crippen LogP) is 2.11. The van der Waals surface area contributed by atoms with Crippen molar-refractivity contribution >= 4 is 17.4 Å². The minimum absolute atomic E-state index is 0.215. The highest BCUT2D eigenvalue weighted by Gasteiger charge is 2.34. The van der Waals surface area contributed by atoms with Gasteiger partial charge in [0.25, 0.3) is 11.8 Å². The van der Waals surface area contributed by atoms with Crippen molar-refractivity contribution in [2.45, 2.75) is 6.92 Å². The van der Waals surface area contributed by atoms with E-state index in [1.54, 1.807) is 0 Å². The van der Waals surface area contributed by atoms with Crippen LogP contribution in [0, 0.1) is 5.92 Å². The van der Waals surface area contributed by atoms with Crippen molar-refractivity contribution in [2.75, 3.05) is 0 Å². The summed E-state index contributed by atoms with van der Waals surface area (Å²) in [5.74, 6) is -0.498. The average Bonchev–Trinajstić information content (AvgIpc) is 3.13. The molecule has 0 radical (unpaired) electrons. The first kappa shape index (κ1) is 14.1. The van der Waals surface area contributed by atoms with E-state index >= 15 is 0 Å². The molecule has 1 N–H and O–H groups in total. The maximum absolute atomic E-state index is 12.5. The molecule has 0 fully saturated rings. The van der Waals surface area contributed by atoms with Crippen LogP contribution in [0.25, 0.3) is 16.7 Å². The number of allylic oxidation sites excluding steroid dienone is 4. The molecule has 0 aromatic heterocycles. The lowest BCUT2D eigenvalue weighted by molar-refractivity contribution is 0.0879. The number of fused-ring (bicyclic) bond motifs is 4. The maximum Gasteiger partial charge on any atom is 0.261 e. The first-order valence-electron chi connectivity index (χ1n) is 8.25. The summed E-state index contributed by atoms with van der Waals surface area (Å²) in [6, 6.07) is 11.7. The van der Waals surface area contributed by atoms with E-state index in [9.17, 15) is 9.59 Å². The zero-order valence-electron chi connectivity index (χ0n) is 13.5. The fourth-order valence-corrected chi connectivity index (χ4v) is 3.86. The van der Waals surface area contributed by atoms with Crippen molar-refractivity contribution in [3.8, 4) is 11.1 Å². The molecule has 25 heavy (non-hydrogen) atoms. The smallest absolute Gasteiger partial charge is 0.261 e. The van der Waals surface area contributed by atoms with Crippen LogP contribution in [-0.4, -0.2) is 11.8 Å². The van der Waals surface area contributed by atoms with E-state index in [2.05, 4.69) is 23.3 Å². The Balaban J connectivity index is 1.97. The summed E-state index contributed by atoms with van der Waals surface area (Å²) in [6.45, 7) is 2.12. The third-order valence-electron chi connectivity index (χ3n) is 4.97. The van der Waals surface area contributed by atoms with Gasteiger partial charge in [-0.25, -0.2) is 4.99 Å². The van der Waals surface area contributed by atoms with Crippen molar-refractivity contribution in [2.24, 2.45) is 10.9 Å². The average molecular weight is 326 g/mol. The molecule has 4 heteroatoms. The monoisotopic (exact) mass is 326 g/mol. The molecule has 120 valence electrons. The molecule has 0 bridgehead atoms. The normalized spacial score (nSPS) is 19.8. The second-order valence-corrected chi connectivity index (χ2v) is 6.47. The van der Waals surface area contributed by atoms with E-state index in [4.69, 9.17) is 0 Å². The second-order valence-electron chi connectivity index (χ2n) is 6.47. The van der Waals surface area contributed by atoms with Crippen LogP contribution in [0.2, 0.25) is 0 Å². The van der Waals surface area contributed by atoms with Gasteiger partial charge in [0.05, 0.1) is 22.2 Å². The molecule has 1 unspecified atom stereocenters. The first-order valence-corrected chi connectivity index (χ1v) is 8.25. The number of nitrogens with zero attached hydrogens (tertiary/aromatic N) is 1. The van der Waals surface area contributed by atoms with Crippen LogP contribution in [-0.2, 0) is 0 Å². The van der Waals surface area contributed by atoms with Gasteiger partial charge < -0.3 is 0 Å². The Bertz CT molecular complexity index is 1150. The molecule has 0 spiro atoms. The lowest BCUT2D eigenvalue weighted by Gasteiger charge is -2.13. The number of nitrogens with one attached hydrogen (secondary N) is 1. The van der Waals surface area contributed by atoms with Gasteiger partial charge in [-0.3, -0.25) is 14.9 Å². The molecule has 0 saturated heterocycles. The standard InChI is InChI=1S/C21H14N2O2/c1-11-6-5-9-15-16(11)14-10-13(12-7-3-2-4-8-12)17-18(19(14)22-15)21(25)23-20(17)24/h2-11H,1H3,(H,23,24,25). The van der Waals surface area contributed by atoms with Crippen LogP contribution in [0.15, 0.2) is 65.3 Å². The Hall–Kier alpha value is -3.27. The molecule has 0 saturated carbocycles. The van der Waals surface area contributed by atoms with E-state index in [1.807, 2.05) is 48.6 Å². The summed E-state index contributed by atoms with van der Waals surface area (Å²) in [4.78, 5) is 29.6. The second kappa shape index (κ2) is 4.86. The minimum atomic E-state index is -0.363. The van der Waals surface area contributed by atoms with E-state index < -0.39 is 0 Å². The number of carbonyl (C=O) groups excluding carboxylic acids is 2. The van der Waals surface area contributed by atoms with Gasteiger partial charge in [0.2, 0.25) is 0 Å². The number of benzene rings is 2. The van der Waals surface area contributed by atoms with E-state index in [1.165, 1.54) is 0 Å². The number of amides is 2. The fourth-order valence-electron chi connectivity index (χ4n) is 3.86. The van der Waals surface area contributed by atoms with Gasteiger partial charge in [0.15, 0.2) is 0 Å². The third kappa shape index (κ3) is 1.85. The number of rotatable bonds is 1. The zero-order valence-corrected chi connectivity index (χ0v) is 13.5. The van der Waals surface area contributed by atoms with Crippen LogP contribution in [0.1, 0.15) is 27.6 Å². The molecule has 2 aromatic rings. The molecule has 3 aliphatic rings. The zero-order chi connectivity index (χ0) is 17.1. The van der Waals surface area contributed by atoms with E-state index in [-0.39, 0.29) is 17.7 Å². The van der Waals surface area contributed by atoms with Gasteiger partial charge >= 0.3 is 0 Å². The van der Waals surface area contributed by atoms with Crippen LogP contribution < -0.4 is 15.9 Å². The van der Waals surface area contributed by atoms with Crippen LogP contribution >= 0.6 is 0 Å². The minimum Gasteiger partial charge on any atom is -0.288 e. The van der Waals surface area contributed by atoms with E-state index in [0.29, 0.717) is 16.5 Å². The predicted molar refractivity (Wildman–Crippen MR) is 94.3 cm³/mol. The van der Waals surface area contributed by atoms with Crippen molar-refractivity contribution in [3.63, 3.8) is 0 Å². The molecule has 2 amide bonds. The van der Waals surface area contributed by atoms with Gasteiger partial charge in [-0.15, -0.1) is 0 Å². The Morgan fingerprint density at radius 3 is 2.60 bits per heavy atom. The van der Waals surface area contributed by atoms with Gasteiger partial charge in [-0.05, 0) is 28.8 Å². The molecular weight excluding hydrogens is 312 g/mol. The van der Waals surface area contributed by atoms with Crippen LogP contribution in [0.5, 0.6) is 0 Å². The Morgan fingerprint density at radius 1 is 1.04 bits per heavy atom. The van der Waals surface area contributed by atoms with Crippen molar-refractivity contribution in [3.05, 3.63) is 82.0 Å². The molecule has 4 nitrogen and oxygen atoms in total. The topological polar surface area (TPSA) is 58.5 Å². The fraction of sp³-hybridized carbons (Fsp3) is 0.0952. The molecule has 1 atom stereocenters. The summed E-state index contributed by atoms with van der Waals surface area (Å²) in [7, 11) is 0. The van der Waals surface area contributed by atoms with Gasteiger partial charge in [0, 0.05) is 11.1 Å². The third-order valence-corrected chi connectivity index (χ3v) is 4.97. The van der Waals surface area contributed by atoms with E-state index in [0.717, 1.165) is 27.6 Å².